The first-order chi connectivity index (χ1) is 13.7. The zero-order chi connectivity index (χ0) is 21.0. The normalized spacial score (nSPS) is 18.9. The van der Waals surface area contributed by atoms with Gasteiger partial charge in [-0.3, -0.25) is 4.79 Å². The Hall–Kier alpha value is -1.89. The second-order valence-electron chi connectivity index (χ2n) is 7.72. The van der Waals surface area contributed by atoms with Gasteiger partial charge in [-0.2, -0.15) is 0 Å². The molecule has 2 atom stereocenters. The van der Waals surface area contributed by atoms with Gasteiger partial charge in [-0.05, 0) is 49.9 Å². The molecule has 1 saturated heterocycles. The number of benzene rings is 2. The number of carbonyl (C=O) groups is 1. The van der Waals surface area contributed by atoms with Crippen LogP contribution < -0.4 is 5.32 Å². The van der Waals surface area contributed by atoms with E-state index in [1.54, 1.807) is 24.3 Å². The summed E-state index contributed by atoms with van der Waals surface area (Å²) in [5.74, 6) is -0.515. The van der Waals surface area contributed by atoms with E-state index in [0.717, 1.165) is 5.56 Å². The Morgan fingerprint density at radius 2 is 1.83 bits per heavy atom. The van der Waals surface area contributed by atoms with Crippen LogP contribution in [0.1, 0.15) is 42.5 Å². The maximum Gasteiger partial charge on any atom is 0.224 e. The third kappa shape index (κ3) is 5.81. The number of hydrogen-bond donors (Lipinski definition) is 1. The van der Waals surface area contributed by atoms with Gasteiger partial charge in [0.25, 0.3) is 0 Å². The maximum atomic E-state index is 12.8. The molecule has 1 N–H and O–H groups in total. The zero-order valence-corrected chi connectivity index (χ0v) is 18.3. The summed E-state index contributed by atoms with van der Waals surface area (Å²) in [5.41, 5.74) is 2.89. The van der Waals surface area contributed by atoms with Gasteiger partial charge >= 0.3 is 0 Å². The molecule has 0 saturated carbocycles. The lowest BCUT2D eigenvalue weighted by molar-refractivity contribution is -0.126. The van der Waals surface area contributed by atoms with Gasteiger partial charge in [-0.1, -0.05) is 53.6 Å². The molecular formula is C22H27ClN2O3S. The lowest BCUT2D eigenvalue weighted by Gasteiger charge is -2.32. The summed E-state index contributed by atoms with van der Waals surface area (Å²) in [6, 6.07) is 14.7. The highest BCUT2D eigenvalue weighted by atomic mass is 35.5. The fraction of sp³-hybridized carbons (Fsp3) is 0.409. The molecular weight excluding hydrogens is 408 g/mol. The fourth-order valence-electron chi connectivity index (χ4n) is 3.56. The van der Waals surface area contributed by atoms with Crippen molar-refractivity contribution in [3.63, 3.8) is 0 Å². The largest absolute Gasteiger partial charge is 0.349 e. The molecule has 1 aliphatic rings. The van der Waals surface area contributed by atoms with Crippen LogP contribution in [-0.4, -0.2) is 31.7 Å². The second-order valence-corrected chi connectivity index (χ2v) is 10.1. The number of aryl methyl sites for hydroxylation is 1. The van der Waals surface area contributed by atoms with Crippen molar-refractivity contribution in [3.8, 4) is 0 Å². The van der Waals surface area contributed by atoms with Gasteiger partial charge in [0.15, 0.2) is 0 Å². The number of hydrogen-bond acceptors (Lipinski definition) is 3. The predicted molar refractivity (Wildman–Crippen MR) is 116 cm³/mol. The molecule has 2 aromatic rings. The van der Waals surface area contributed by atoms with Gasteiger partial charge in [0.05, 0.1) is 17.7 Å². The van der Waals surface area contributed by atoms with E-state index in [4.69, 9.17) is 11.6 Å². The molecule has 0 bridgehead atoms. The number of nitrogens with one attached hydrogen (secondary N) is 1. The van der Waals surface area contributed by atoms with Crippen molar-refractivity contribution in [3.05, 3.63) is 70.2 Å². The third-order valence-electron chi connectivity index (χ3n) is 5.35. The van der Waals surface area contributed by atoms with Gasteiger partial charge < -0.3 is 5.32 Å². The third-order valence-corrected chi connectivity index (χ3v) is 7.42. The van der Waals surface area contributed by atoms with E-state index in [1.807, 2.05) is 38.1 Å². The van der Waals surface area contributed by atoms with Crippen LogP contribution in [0.15, 0.2) is 48.5 Å². The van der Waals surface area contributed by atoms with Crippen molar-refractivity contribution in [1.82, 2.24) is 9.62 Å². The molecule has 0 aromatic heterocycles. The number of halogens is 1. The van der Waals surface area contributed by atoms with E-state index in [2.05, 4.69) is 5.32 Å². The summed E-state index contributed by atoms with van der Waals surface area (Å²) in [4.78, 5) is 12.8. The Balaban J connectivity index is 1.62. The summed E-state index contributed by atoms with van der Waals surface area (Å²) in [7, 11) is -3.49. The van der Waals surface area contributed by atoms with Gasteiger partial charge in [0, 0.05) is 18.1 Å². The molecule has 29 heavy (non-hydrogen) atoms. The monoisotopic (exact) mass is 434 g/mol. The molecule has 7 heteroatoms. The average Bonchev–Trinajstić information content (AvgIpc) is 2.70. The van der Waals surface area contributed by atoms with E-state index in [9.17, 15) is 13.2 Å². The Kier molecular flexibility index (Phi) is 6.98. The van der Waals surface area contributed by atoms with Crippen LogP contribution in [0.2, 0.25) is 5.02 Å². The summed E-state index contributed by atoms with van der Waals surface area (Å²) >= 11 is 5.87. The molecule has 0 spiro atoms. The molecule has 5 nitrogen and oxygen atoms in total. The van der Waals surface area contributed by atoms with Crippen LogP contribution in [0.25, 0.3) is 0 Å². The van der Waals surface area contributed by atoms with Crippen LogP contribution in [0, 0.1) is 12.8 Å². The number of amides is 1. The first-order valence-electron chi connectivity index (χ1n) is 9.84. The summed E-state index contributed by atoms with van der Waals surface area (Å²) in [6.45, 7) is 4.64. The Morgan fingerprint density at radius 3 is 2.48 bits per heavy atom. The number of sulfonamides is 1. The Morgan fingerprint density at radius 1 is 1.17 bits per heavy atom. The highest BCUT2D eigenvalue weighted by Gasteiger charge is 2.32. The van der Waals surface area contributed by atoms with Crippen LogP contribution >= 0.6 is 11.6 Å². The minimum atomic E-state index is -3.49. The molecule has 0 radical (unpaired) electrons. The van der Waals surface area contributed by atoms with E-state index >= 15 is 0 Å². The SMILES string of the molecule is Cc1ccc(C(C)NC(=O)C2CCCN(S(=O)(=O)Cc3ccc(Cl)cc3)C2)cc1. The quantitative estimate of drug-likeness (QED) is 0.745. The van der Waals surface area contributed by atoms with Crippen molar-refractivity contribution in [2.75, 3.05) is 13.1 Å². The maximum absolute atomic E-state index is 12.8. The van der Waals surface area contributed by atoms with Crippen molar-refractivity contribution >= 4 is 27.5 Å². The van der Waals surface area contributed by atoms with E-state index in [0.29, 0.717) is 30.0 Å². The predicted octanol–water partition coefficient (Wildman–Crippen LogP) is 4.07. The van der Waals surface area contributed by atoms with Gasteiger partial charge in [-0.15, -0.1) is 0 Å². The van der Waals surface area contributed by atoms with Gasteiger partial charge in [0.2, 0.25) is 15.9 Å². The topological polar surface area (TPSA) is 66.5 Å². The second kappa shape index (κ2) is 9.28. The summed E-state index contributed by atoms with van der Waals surface area (Å²) in [6.07, 6.45) is 1.37. The van der Waals surface area contributed by atoms with E-state index in [1.165, 1.54) is 9.87 Å². The lowest BCUT2D eigenvalue weighted by Crippen LogP contribution is -2.46. The molecule has 156 valence electrons. The van der Waals surface area contributed by atoms with Crippen molar-refractivity contribution in [1.29, 1.82) is 0 Å². The Labute approximate surface area is 178 Å². The summed E-state index contributed by atoms with van der Waals surface area (Å²) in [5, 5.41) is 3.61. The lowest BCUT2D eigenvalue weighted by atomic mass is 9.97. The molecule has 2 unspecified atom stereocenters. The number of rotatable bonds is 6. The van der Waals surface area contributed by atoms with Gasteiger partial charge in [-0.25, -0.2) is 12.7 Å². The van der Waals surface area contributed by atoms with Crippen molar-refractivity contribution in [2.24, 2.45) is 5.92 Å². The van der Waals surface area contributed by atoms with Crippen LogP contribution in [0.4, 0.5) is 0 Å². The van der Waals surface area contributed by atoms with Crippen LogP contribution in [-0.2, 0) is 20.6 Å². The molecule has 0 aliphatic carbocycles. The van der Waals surface area contributed by atoms with Gasteiger partial charge in [0.1, 0.15) is 0 Å². The number of piperidine rings is 1. The minimum Gasteiger partial charge on any atom is -0.349 e. The molecule has 1 fully saturated rings. The minimum absolute atomic E-state index is 0.0850. The van der Waals surface area contributed by atoms with Crippen LogP contribution in [0.5, 0.6) is 0 Å². The van der Waals surface area contributed by atoms with Crippen LogP contribution in [0.3, 0.4) is 0 Å². The number of carbonyl (C=O) groups excluding carboxylic acids is 1. The molecule has 3 rings (SSSR count). The average molecular weight is 435 g/mol. The fourth-order valence-corrected chi connectivity index (χ4v) is 5.30. The Bertz CT molecular complexity index is 943. The smallest absolute Gasteiger partial charge is 0.224 e. The first-order valence-corrected chi connectivity index (χ1v) is 11.8. The molecule has 1 heterocycles. The first kappa shape index (κ1) is 21.8. The molecule has 2 aromatic carbocycles. The van der Waals surface area contributed by atoms with E-state index < -0.39 is 10.0 Å². The van der Waals surface area contributed by atoms with Crippen molar-refractivity contribution in [2.45, 2.75) is 38.5 Å². The molecule has 1 aliphatic heterocycles. The highest BCUT2D eigenvalue weighted by molar-refractivity contribution is 7.88. The highest BCUT2D eigenvalue weighted by Crippen LogP contribution is 2.23. The van der Waals surface area contributed by atoms with Crippen molar-refractivity contribution < 1.29 is 13.2 Å². The standard InChI is InChI=1S/C22H27ClN2O3S/c1-16-5-9-19(10-6-16)17(2)24-22(26)20-4-3-13-25(14-20)29(27,28)15-18-7-11-21(23)12-8-18/h5-12,17,20H,3-4,13-15H2,1-2H3,(H,24,26). The van der Waals surface area contributed by atoms with E-state index in [-0.39, 0.29) is 30.2 Å². The zero-order valence-electron chi connectivity index (χ0n) is 16.8. The number of nitrogens with zero attached hydrogens (tertiary/aromatic N) is 1. The summed E-state index contributed by atoms with van der Waals surface area (Å²) < 4.78 is 27.1. The molecule has 1 amide bonds.